The third-order valence-electron chi connectivity index (χ3n) is 3.34. The standard InChI is InChI=1S/C15H18N2O6/c1-9-15(22)17(6-7-18)11-3-2-10(8-12(11)23-9)16-13(19)4-5-14(20)21/h2-3,8-9,18H,4-7H2,1H3,(H,16,19)(H,20,21). The van der Waals surface area contributed by atoms with Gasteiger partial charge < -0.3 is 25.2 Å². The third kappa shape index (κ3) is 3.98. The summed E-state index contributed by atoms with van der Waals surface area (Å²) in [5.41, 5.74) is 0.968. The number of aliphatic carboxylic acids is 1. The van der Waals surface area contributed by atoms with Gasteiger partial charge in [-0.25, -0.2) is 0 Å². The fourth-order valence-electron chi connectivity index (χ4n) is 2.26. The van der Waals surface area contributed by atoms with E-state index in [1.807, 2.05) is 0 Å². The Balaban J connectivity index is 2.15. The van der Waals surface area contributed by atoms with Crippen LogP contribution in [-0.2, 0) is 14.4 Å². The van der Waals surface area contributed by atoms with Crippen molar-refractivity contribution in [3.63, 3.8) is 0 Å². The van der Waals surface area contributed by atoms with Gasteiger partial charge in [-0.2, -0.15) is 0 Å². The maximum atomic E-state index is 12.1. The molecule has 0 spiro atoms. The topological polar surface area (TPSA) is 116 Å². The zero-order chi connectivity index (χ0) is 17.0. The summed E-state index contributed by atoms with van der Waals surface area (Å²) in [7, 11) is 0. The zero-order valence-electron chi connectivity index (χ0n) is 12.6. The van der Waals surface area contributed by atoms with E-state index < -0.39 is 18.0 Å². The highest BCUT2D eigenvalue weighted by molar-refractivity contribution is 6.00. The van der Waals surface area contributed by atoms with Crippen molar-refractivity contribution in [3.05, 3.63) is 18.2 Å². The number of nitrogens with zero attached hydrogens (tertiary/aromatic N) is 1. The van der Waals surface area contributed by atoms with Gasteiger partial charge in [0.15, 0.2) is 6.10 Å². The second-order valence-corrected chi connectivity index (χ2v) is 5.10. The maximum Gasteiger partial charge on any atom is 0.303 e. The molecule has 0 saturated carbocycles. The Hall–Kier alpha value is -2.61. The summed E-state index contributed by atoms with van der Waals surface area (Å²) in [6, 6.07) is 4.78. The molecule has 0 radical (unpaired) electrons. The minimum atomic E-state index is -1.04. The van der Waals surface area contributed by atoms with Crippen LogP contribution in [0.1, 0.15) is 19.8 Å². The molecule has 1 heterocycles. The van der Waals surface area contributed by atoms with Gasteiger partial charge in [0.25, 0.3) is 5.91 Å². The molecule has 0 bridgehead atoms. The molecule has 23 heavy (non-hydrogen) atoms. The molecule has 0 aromatic heterocycles. The average molecular weight is 322 g/mol. The van der Waals surface area contributed by atoms with E-state index in [0.717, 1.165) is 0 Å². The lowest BCUT2D eigenvalue weighted by atomic mass is 10.1. The molecule has 0 fully saturated rings. The van der Waals surface area contributed by atoms with Crippen LogP contribution in [0.15, 0.2) is 18.2 Å². The van der Waals surface area contributed by atoms with Gasteiger partial charge >= 0.3 is 5.97 Å². The number of carbonyl (C=O) groups excluding carboxylic acids is 2. The van der Waals surface area contributed by atoms with Crippen molar-refractivity contribution in [2.24, 2.45) is 0 Å². The molecule has 1 aliphatic rings. The average Bonchev–Trinajstić information content (AvgIpc) is 2.50. The summed E-state index contributed by atoms with van der Waals surface area (Å²) in [6.07, 6.45) is -1.06. The lowest BCUT2D eigenvalue weighted by molar-refractivity contribution is -0.138. The maximum absolute atomic E-state index is 12.1. The SMILES string of the molecule is CC1Oc2cc(NC(=O)CCC(=O)O)ccc2N(CCO)C1=O. The summed E-state index contributed by atoms with van der Waals surface area (Å²) in [5, 5.41) is 20.2. The van der Waals surface area contributed by atoms with Crippen molar-refractivity contribution >= 4 is 29.2 Å². The molecule has 1 unspecified atom stereocenters. The van der Waals surface area contributed by atoms with Crippen LogP contribution in [0.5, 0.6) is 5.75 Å². The fraction of sp³-hybridized carbons (Fsp3) is 0.400. The molecule has 8 heteroatoms. The number of amides is 2. The second kappa shape index (κ2) is 7.10. The number of aliphatic hydroxyl groups is 1. The fourth-order valence-corrected chi connectivity index (χ4v) is 2.26. The van der Waals surface area contributed by atoms with Crippen molar-refractivity contribution in [2.75, 3.05) is 23.4 Å². The summed E-state index contributed by atoms with van der Waals surface area (Å²) in [6.45, 7) is 1.59. The first-order valence-electron chi connectivity index (χ1n) is 7.17. The molecule has 3 N–H and O–H groups in total. The van der Waals surface area contributed by atoms with E-state index in [1.165, 1.54) is 4.90 Å². The van der Waals surface area contributed by atoms with Gasteiger partial charge in [-0.15, -0.1) is 0 Å². The van der Waals surface area contributed by atoms with Crippen molar-refractivity contribution < 1.29 is 29.3 Å². The van der Waals surface area contributed by atoms with Crippen molar-refractivity contribution in [1.29, 1.82) is 0 Å². The first-order valence-corrected chi connectivity index (χ1v) is 7.17. The number of rotatable bonds is 6. The van der Waals surface area contributed by atoms with Crippen LogP contribution in [0.3, 0.4) is 0 Å². The van der Waals surface area contributed by atoms with Gasteiger partial charge in [0.2, 0.25) is 5.91 Å². The van der Waals surface area contributed by atoms with E-state index in [2.05, 4.69) is 5.32 Å². The largest absolute Gasteiger partial charge is 0.481 e. The minimum absolute atomic E-state index is 0.126. The number of aliphatic hydroxyl groups excluding tert-OH is 1. The van der Waals surface area contributed by atoms with Crippen molar-refractivity contribution in [1.82, 2.24) is 0 Å². The number of β-amino-alcohol motifs (C(OH)–C–C–N with tert-alkyl or cyclic N) is 1. The zero-order valence-corrected chi connectivity index (χ0v) is 12.6. The molecule has 2 amide bonds. The predicted molar refractivity (Wildman–Crippen MR) is 81.5 cm³/mol. The number of hydrogen-bond acceptors (Lipinski definition) is 5. The monoisotopic (exact) mass is 322 g/mol. The Morgan fingerprint density at radius 3 is 2.74 bits per heavy atom. The quantitative estimate of drug-likeness (QED) is 0.706. The van der Waals surface area contributed by atoms with E-state index in [4.69, 9.17) is 14.9 Å². The van der Waals surface area contributed by atoms with E-state index in [0.29, 0.717) is 17.1 Å². The van der Waals surface area contributed by atoms with Crippen LogP contribution in [-0.4, -0.2) is 47.3 Å². The van der Waals surface area contributed by atoms with Crippen LogP contribution in [0.2, 0.25) is 0 Å². The Morgan fingerprint density at radius 2 is 2.09 bits per heavy atom. The minimum Gasteiger partial charge on any atom is -0.481 e. The lowest BCUT2D eigenvalue weighted by Gasteiger charge is -2.32. The van der Waals surface area contributed by atoms with Crippen molar-refractivity contribution in [2.45, 2.75) is 25.9 Å². The second-order valence-electron chi connectivity index (χ2n) is 5.10. The van der Waals surface area contributed by atoms with E-state index in [9.17, 15) is 14.4 Å². The van der Waals surface area contributed by atoms with Gasteiger partial charge in [-0.3, -0.25) is 14.4 Å². The molecule has 2 rings (SSSR count). The Morgan fingerprint density at radius 1 is 1.35 bits per heavy atom. The number of nitrogens with one attached hydrogen (secondary N) is 1. The molecule has 1 aromatic carbocycles. The number of carbonyl (C=O) groups is 3. The van der Waals surface area contributed by atoms with Gasteiger partial charge in [-0.1, -0.05) is 0 Å². The molecule has 1 atom stereocenters. The highest BCUT2D eigenvalue weighted by Gasteiger charge is 2.31. The summed E-state index contributed by atoms with van der Waals surface area (Å²) in [5.74, 6) is -1.29. The summed E-state index contributed by atoms with van der Waals surface area (Å²) in [4.78, 5) is 35.6. The normalized spacial score (nSPS) is 16.5. The molecule has 0 aliphatic carbocycles. The van der Waals surface area contributed by atoms with Gasteiger partial charge in [0.05, 0.1) is 18.7 Å². The number of fused-ring (bicyclic) bond motifs is 1. The van der Waals surface area contributed by atoms with Crippen LogP contribution in [0.25, 0.3) is 0 Å². The van der Waals surface area contributed by atoms with Gasteiger partial charge in [0.1, 0.15) is 5.75 Å². The number of anilines is 2. The van der Waals surface area contributed by atoms with Crippen LogP contribution < -0.4 is 15.0 Å². The predicted octanol–water partition coefficient (Wildman–Crippen LogP) is 0.596. The van der Waals surface area contributed by atoms with Crippen LogP contribution >= 0.6 is 0 Å². The van der Waals surface area contributed by atoms with E-state index >= 15 is 0 Å². The highest BCUT2D eigenvalue weighted by atomic mass is 16.5. The molecular weight excluding hydrogens is 304 g/mol. The first-order chi connectivity index (χ1) is 10.9. The molecule has 1 aromatic rings. The molecule has 0 saturated heterocycles. The molecule has 1 aliphatic heterocycles. The number of carboxylic acid groups (broad SMARTS) is 1. The van der Waals surface area contributed by atoms with Crippen LogP contribution in [0, 0.1) is 0 Å². The number of benzene rings is 1. The Kier molecular flexibility index (Phi) is 5.17. The third-order valence-corrected chi connectivity index (χ3v) is 3.34. The van der Waals surface area contributed by atoms with Crippen molar-refractivity contribution in [3.8, 4) is 5.75 Å². The van der Waals surface area contributed by atoms with E-state index in [-0.39, 0.29) is 31.9 Å². The van der Waals surface area contributed by atoms with E-state index in [1.54, 1.807) is 25.1 Å². The van der Waals surface area contributed by atoms with Gasteiger partial charge in [0, 0.05) is 24.7 Å². The number of carboxylic acids is 1. The smallest absolute Gasteiger partial charge is 0.303 e. The lowest BCUT2D eigenvalue weighted by Crippen LogP contribution is -2.45. The Bertz CT molecular complexity index is 630. The Labute approximate surface area is 132 Å². The first kappa shape index (κ1) is 16.8. The number of hydrogen-bond donors (Lipinski definition) is 3. The molecular formula is C15H18N2O6. The van der Waals surface area contributed by atoms with Crippen LogP contribution in [0.4, 0.5) is 11.4 Å². The van der Waals surface area contributed by atoms with Gasteiger partial charge in [-0.05, 0) is 19.1 Å². The summed E-state index contributed by atoms with van der Waals surface area (Å²) < 4.78 is 5.52. The highest BCUT2D eigenvalue weighted by Crippen LogP contribution is 2.36. The summed E-state index contributed by atoms with van der Waals surface area (Å²) >= 11 is 0. The molecule has 124 valence electrons. The molecule has 8 nitrogen and oxygen atoms in total. The number of ether oxygens (including phenoxy) is 1.